The zero-order valence-electron chi connectivity index (χ0n) is 24.5. The van der Waals surface area contributed by atoms with Gasteiger partial charge in [0.1, 0.15) is 5.82 Å². The molecule has 0 bridgehead atoms. The summed E-state index contributed by atoms with van der Waals surface area (Å²) in [5, 5.41) is 2.58. The Kier molecular flexibility index (Phi) is 8.43. The Labute approximate surface area is 246 Å². The van der Waals surface area contributed by atoms with Gasteiger partial charge in [-0.2, -0.15) is 13.2 Å². The zero-order chi connectivity index (χ0) is 31.1. The van der Waals surface area contributed by atoms with Gasteiger partial charge in [0.15, 0.2) is 0 Å². The first-order chi connectivity index (χ1) is 20.3. The second-order valence-electron chi connectivity index (χ2n) is 11.2. The monoisotopic (exact) mass is 602 g/mol. The number of piperazine rings is 2. The van der Waals surface area contributed by atoms with Crippen molar-refractivity contribution in [1.29, 1.82) is 0 Å². The predicted octanol–water partition coefficient (Wildman–Crippen LogP) is 3.14. The van der Waals surface area contributed by atoms with Gasteiger partial charge in [0.05, 0.1) is 22.5 Å². The first kappa shape index (κ1) is 30.4. The summed E-state index contributed by atoms with van der Waals surface area (Å²) in [5.41, 5.74) is -2.08. The number of anilines is 3. The van der Waals surface area contributed by atoms with Gasteiger partial charge in [-0.25, -0.2) is 14.4 Å². The first-order valence-electron chi connectivity index (χ1n) is 14.0. The van der Waals surface area contributed by atoms with Crippen LogP contribution in [0.3, 0.4) is 0 Å². The van der Waals surface area contributed by atoms with Gasteiger partial charge in [-0.1, -0.05) is 0 Å². The van der Waals surface area contributed by atoms with Crippen molar-refractivity contribution >= 4 is 23.2 Å². The number of carbonyl (C=O) groups excluding carboxylic acids is 1. The van der Waals surface area contributed by atoms with E-state index in [4.69, 9.17) is 0 Å². The Hall–Kier alpha value is -4.04. The summed E-state index contributed by atoms with van der Waals surface area (Å²) in [6.07, 6.45) is -1.09. The van der Waals surface area contributed by atoms with Crippen LogP contribution in [-0.2, 0) is 13.2 Å². The third-order valence-electron chi connectivity index (χ3n) is 8.15. The van der Waals surface area contributed by atoms with Crippen LogP contribution in [0, 0.1) is 5.82 Å². The summed E-state index contributed by atoms with van der Waals surface area (Å²) >= 11 is 0. The summed E-state index contributed by atoms with van der Waals surface area (Å²) in [7, 11) is 5.27. The number of benzene rings is 1. The third-order valence-corrected chi connectivity index (χ3v) is 8.15. The van der Waals surface area contributed by atoms with Crippen molar-refractivity contribution in [2.45, 2.75) is 19.1 Å². The lowest BCUT2D eigenvalue weighted by Crippen LogP contribution is -2.50. The molecule has 1 N–H and O–H groups in total. The molecule has 2 saturated heterocycles. The molecule has 2 aromatic heterocycles. The standard InChI is InChI=1S/C29H34F4N8O2/c1-18-16-41(10-7-38(18)3)25-13-23(30)20(19-14-34-28(35-15-19)40-8-5-37(2)6-9-40)11-24(25)36-27(43)21-17-39(4)26(42)12-22(21)29(31,32)33/h11-15,17-18H,5-10,16H2,1-4H3,(H,36,43)/t18-/m1/s1. The molecule has 14 heteroatoms. The number of nitrogens with one attached hydrogen (secondary N) is 1. The van der Waals surface area contributed by atoms with Gasteiger partial charge in [0.25, 0.3) is 11.5 Å². The molecule has 1 aromatic carbocycles. The number of alkyl halides is 3. The van der Waals surface area contributed by atoms with Crippen molar-refractivity contribution in [3.63, 3.8) is 0 Å². The van der Waals surface area contributed by atoms with E-state index >= 15 is 4.39 Å². The molecule has 5 rings (SSSR count). The van der Waals surface area contributed by atoms with Crippen LogP contribution >= 0.6 is 0 Å². The molecular weight excluding hydrogens is 568 g/mol. The Bertz CT molecular complexity index is 1550. The van der Waals surface area contributed by atoms with Gasteiger partial charge in [-0.15, -0.1) is 0 Å². The number of carbonyl (C=O) groups is 1. The number of aryl methyl sites for hydroxylation is 1. The Morgan fingerprint density at radius 3 is 2.23 bits per heavy atom. The number of hydrogen-bond donors (Lipinski definition) is 1. The minimum absolute atomic E-state index is 0.0858. The van der Waals surface area contributed by atoms with E-state index in [1.54, 1.807) is 0 Å². The van der Waals surface area contributed by atoms with Crippen molar-refractivity contribution in [3.05, 3.63) is 64.1 Å². The minimum Gasteiger partial charge on any atom is -0.367 e. The summed E-state index contributed by atoms with van der Waals surface area (Å²) in [5.74, 6) is -1.15. The Morgan fingerprint density at radius 2 is 1.60 bits per heavy atom. The van der Waals surface area contributed by atoms with Crippen LogP contribution in [0.2, 0.25) is 0 Å². The molecule has 2 fully saturated rings. The molecule has 0 unspecified atom stereocenters. The SMILES string of the molecule is C[C@@H]1CN(c2cc(F)c(-c3cnc(N4CCN(C)CC4)nc3)cc2NC(=O)c2cn(C)c(=O)cc2C(F)(F)F)CCN1C. The average Bonchev–Trinajstić information content (AvgIpc) is 2.96. The summed E-state index contributed by atoms with van der Waals surface area (Å²) in [4.78, 5) is 42.5. The Balaban J connectivity index is 1.53. The third kappa shape index (κ3) is 6.49. The highest BCUT2D eigenvalue weighted by Gasteiger charge is 2.36. The van der Waals surface area contributed by atoms with Crippen molar-refractivity contribution < 1.29 is 22.4 Å². The number of aromatic nitrogens is 3. The maximum Gasteiger partial charge on any atom is 0.417 e. The van der Waals surface area contributed by atoms with Gasteiger partial charge < -0.3 is 29.5 Å². The van der Waals surface area contributed by atoms with E-state index in [0.29, 0.717) is 42.9 Å². The van der Waals surface area contributed by atoms with Crippen LogP contribution < -0.4 is 20.7 Å². The highest BCUT2D eigenvalue weighted by Crippen LogP contribution is 2.37. The van der Waals surface area contributed by atoms with Gasteiger partial charge in [-0.05, 0) is 33.2 Å². The van der Waals surface area contributed by atoms with Gasteiger partial charge in [0.2, 0.25) is 5.95 Å². The molecule has 43 heavy (non-hydrogen) atoms. The highest BCUT2D eigenvalue weighted by atomic mass is 19.4. The number of pyridine rings is 1. The molecule has 0 radical (unpaired) electrons. The maximum atomic E-state index is 15.7. The molecule has 1 amide bonds. The molecule has 230 valence electrons. The highest BCUT2D eigenvalue weighted by molar-refractivity contribution is 6.07. The lowest BCUT2D eigenvalue weighted by Gasteiger charge is -2.39. The van der Waals surface area contributed by atoms with Gasteiger partial charge in [0, 0.05) is 94.7 Å². The lowest BCUT2D eigenvalue weighted by molar-refractivity contribution is -0.138. The average molecular weight is 603 g/mol. The van der Waals surface area contributed by atoms with Crippen LogP contribution in [0.5, 0.6) is 0 Å². The van der Waals surface area contributed by atoms with Crippen LogP contribution in [0.1, 0.15) is 22.8 Å². The van der Waals surface area contributed by atoms with Gasteiger partial charge in [-0.3, -0.25) is 9.59 Å². The second-order valence-corrected chi connectivity index (χ2v) is 11.2. The molecular formula is C29H34F4N8O2. The maximum absolute atomic E-state index is 15.7. The predicted molar refractivity (Wildman–Crippen MR) is 156 cm³/mol. The molecule has 0 spiro atoms. The molecule has 1 atom stereocenters. The minimum atomic E-state index is -4.94. The summed E-state index contributed by atoms with van der Waals surface area (Å²) in [6.45, 7) is 6.93. The molecule has 2 aliphatic rings. The number of nitrogens with zero attached hydrogens (tertiary/aromatic N) is 7. The first-order valence-corrected chi connectivity index (χ1v) is 14.0. The Morgan fingerprint density at radius 1 is 0.953 bits per heavy atom. The number of hydrogen-bond acceptors (Lipinski definition) is 8. The van der Waals surface area contributed by atoms with E-state index in [9.17, 15) is 22.8 Å². The number of halogens is 4. The molecule has 2 aliphatic heterocycles. The van der Waals surface area contributed by atoms with Gasteiger partial charge >= 0.3 is 6.18 Å². The normalized spacial score (nSPS) is 18.7. The molecule has 0 saturated carbocycles. The molecule has 0 aliphatic carbocycles. The lowest BCUT2D eigenvalue weighted by atomic mass is 10.0. The second kappa shape index (κ2) is 11.9. The van der Waals surface area contributed by atoms with Crippen LogP contribution in [0.25, 0.3) is 11.1 Å². The zero-order valence-corrected chi connectivity index (χ0v) is 24.5. The van der Waals surface area contributed by atoms with Crippen LogP contribution in [0.4, 0.5) is 34.9 Å². The van der Waals surface area contributed by atoms with E-state index < -0.39 is 34.6 Å². The van der Waals surface area contributed by atoms with Crippen molar-refractivity contribution in [2.75, 3.05) is 75.0 Å². The van der Waals surface area contributed by atoms with Crippen LogP contribution in [-0.4, -0.2) is 96.2 Å². The summed E-state index contributed by atoms with van der Waals surface area (Å²) in [6, 6.07) is 3.18. The molecule has 4 heterocycles. The van der Waals surface area contributed by atoms with Crippen LogP contribution in [0.15, 0.2) is 41.6 Å². The number of amides is 1. The van der Waals surface area contributed by atoms with E-state index in [-0.39, 0.29) is 17.3 Å². The van der Waals surface area contributed by atoms with Crippen molar-refractivity contribution in [3.8, 4) is 11.1 Å². The number of rotatable bonds is 5. The quantitative estimate of drug-likeness (QED) is 0.446. The summed E-state index contributed by atoms with van der Waals surface area (Å²) < 4.78 is 58.1. The van der Waals surface area contributed by atoms with E-state index in [1.807, 2.05) is 30.8 Å². The van der Waals surface area contributed by atoms with E-state index in [2.05, 4.69) is 25.1 Å². The van der Waals surface area contributed by atoms with Crippen molar-refractivity contribution in [1.82, 2.24) is 24.3 Å². The smallest absolute Gasteiger partial charge is 0.367 e. The fourth-order valence-electron chi connectivity index (χ4n) is 5.28. The topological polar surface area (TPSA) is 89.8 Å². The van der Waals surface area contributed by atoms with E-state index in [0.717, 1.165) is 36.9 Å². The fourth-order valence-corrected chi connectivity index (χ4v) is 5.28. The fraction of sp³-hybridized carbons (Fsp3) is 0.448. The largest absolute Gasteiger partial charge is 0.417 e. The molecule has 3 aromatic rings. The molecule has 10 nitrogen and oxygen atoms in total. The van der Waals surface area contributed by atoms with Crippen molar-refractivity contribution in [2.24, 2.45) is 7.05 Å². The number of likely N-dealkylation sites (N-methyl/N-ethyl adjacent to an activating group) is 2. The van der Waals surface area contributed by atoms with E-state index in [1.165, 1.54) is 31.6 Å².